The molecule has 1 atom stereocenters. The first-order chi connectivity index (χ1) is 9.07. The molecule has 1 aliphatic heterocycles. The molecule has 1 fully saturated rings. The number of rotatable bonds is 2. The maximum Gasteiger partial charge on any atom is 0.248 e. The van der Waals surface area contributed by atoms with Crippen LogP contribution in [0.4, 0.5) is 8.78 Å². The third-order valence-electron chi connectivity index (χ3n) is 4.37. The summed E-state index contributed by atoms with van der Waals surface area (Å²) in [5.74, 6) is -1.46. The van der Waals surface area contributed by atoms with Gasteiger partial charge >= 0.3 is 0 Å². The number of ether oxygens (including phenoxy) is 1. The quantitative estimate of drug-likeness (QED) is 0.890. The fraction of sp³-hybridized carbons (Fsp3) is 0.600. The zero-order valence-electron chi connectivity index (χ0n) is 10.9. The fourth-order valence-electron chi connectivity index (χ4n) is 3.18. The molecule has 0 aromatic heterocycles. The van der Waals surface area contributed by atoms with Crippen LogP contribution >= 0.6 is 0 Å². The highest BCUT2D eigenvalue weighted by Crippen LogP contribution is 2.43. The third-order valence-corrected chi connectivity index (χ3v) is 4.37. The molecule has 0 amide bonds. The Hall–Kier alpha value is -1.16. The van der Waals surface area contributed by atoms with Crippen molar-refractivity contribution in [1.82, 2.24) is 0 Å². The first-order valence-corrected chi connectivity index (χ1v) is 6.95. The number of para-hydroxylation sites is 1. The normalized spacial score (nSPS) is 23.7. The van der Waals surface area contributed by atoms with Crippen LogP contribution in [0.1, 0.15) is 42.9 Å². The average molecular weight is 267 g/mol. The van der Waals surface area contributed by atoms with Crippen LogP contribution in [0.3, 0.4) is 0 Å². The van der Waals surface area contributed by atoms with E-state index in [1.807, 2.05) is 18.2 Å². The summed E-state index contributed by atoms with van der Waals surface area (Å²) in [6.45, 7) is 0.696. The highest BCUT2D eigenvalue weighted by Gasteiger charge is 2.38. The van der Waals surface area contributed by atoms with Crippen LogP contribution in [-0.4, -0.2) is 12.5 Å². The standard InChI is InChI=1S/C15H19F2NO/c16-15(17)7-4-10(5-8-15)13(18)12-3-1-2-11-6-9-19-14(11)12/h1-3,10,13H,4-9,18H2. The van der Waals surface area contributed by atoms with Gasteiger partial charge in [-0.15, -0.1) is 0 Å². The minimum atomic E-state index is -2.49. The van der Waals surface area contributed by atoms with Crippen LogP contribution in [0.2, 0.25) is 0 Å². The maximum atomic E-state index is 13.2. The summed E-state index contributed by atoms with van der Waals surface area (Å²) in [7, 11) is 0. The molecule has 19 heavy (non-hydrogen) atoms. The van der Waals surface area contributed by atoms with E-state index < -0.39 is 5.92 Å². The number of alkyl halides is 2. The summed E-state index contributed by atoms with van der Waals surface area (Å²) in [5.41, 5.74) is 8.49. The van der Waals surface area contributed by atoms with E-state index in [0.29, 0.717) is 19.4 Å². The molecule has 1 heterocycles. The van der Waals surface area contributed by atoms with Gasteiger partial charge in [-0.3, -0.25) is 0 Å². The second-order valence-corrected chi connectivity index (χ2v) is 5.65. The lowest BCUT2D eigenvalue weighted by Crippen LogP contribution is -2.31. The summed E-state index contributed by atoms with van der Waals surface area (Å²) >= 11 is 0. The summed E-state index contributed by atoms with van der Waals surface area (Å²) in [6.07, 6.45) is 1.83. The van der Waals surface area contributed by atoms with Gasteiger partial charge in [-0.25, -0.2) is 8.78 Å². The van der Waals surface area contributed by atoms with Crippen molar-refractivity contribution in [2.45, 2.75) is 44.1 Å². The van der Waals surface area contributed by atoms with E-state index in [4.69, 9.17) is 10.5 Å². The first kappa shape index (κ1) is 12.9. The number of nitrogens with two attached hydrogens (primary N) is 1. The van der Waals surface area contributed by atoms with Crippen molar-refractivity contribution in [3.8, 4) is 5.75 Å². The molecule has 104 valence electrons. The SMILES string of the molecule is NC(c1cccc2c1OCC2)C1CCC(F)(F)CC1. The van der Waals surface area contributed by atoms with Crippen LogP contribution in [-0.2, 0) is 6.42 Å². The molecule has 1 unspecified atom stereocenters. The zero-order chi connectivity index (χ0) is 13.5. The predicted molar refractivity (Wildman–Crippen MR) is 69.5 cm³/mol. The van der Waals surface area contributed by atoms with Gasteiger partial charge in [0.05, 0.1) is 6.61 Å². The van der Waals surface area contributed by atoms with Gasteiger partial charge in [0.2, 0.25) is 5.92 Å². The molecule has 2 nitrogen and oxygen atoms in total. The van der Waals surface area contributed by atoms with E-state index in [1.165, 1.54) is 5.56 Å². The molecule has 2 N–H and O–H groups in total. The van der Waals surface area contributed by atoms with Crippen molar-refractivity contribution in [1.29, 1.82) is 0 Å². The Morgan fingerprint density at radius 1 is 1.26 bits per heavy atom. The van der Waals surface area contributed by atoms with Gasteiger partial charge in [0.1, 0.15) is 5.75 Å². The van der Waals surface area contributed by atoms with Crippen LogP contribution in [0.25, 0.3) is 0 Å². The van der Waals surface area contributed by atoms with Gasteiger partial charge < -0.3 is 10.5 Å². The maximum absolute atomic E-state index is 13.2. The number of hydrogen-bond donors (Lipinski definition) is 1. The monoisotopic (exact) mass is 267 g/mol. The van der Waals surface area contributed by atoms with Gasteiger partial charge in [0, 0.05) is 30.9 Å². The number of benzene rings is 1. The lowest BCUT2D eigenvalue weighted by molar-refractivity contribution is -0.0484. The number of hydrogen-bond acceptors (Lipinski definition) is 2. The Morgan fingerprint density at radius 3 is 2.74 bits per heavy atom. The van der Waals surface area contributed by atoms with Gasteiger partial charge in [-0.2, -0.15) is 0 Å². The molecule has 0 spiro atoms. The van der Waals surface area contributed by atoms with Gasteiger partial charge in [0.15, 0.2) is 0 Å². The zero-order valence-corrected chi connectivity index (χ0v) is 10.9. The van der Waals surface area contributed by atoms with E-state index in [9.17, 15) is 8.78 Å². The molecule has 4 heteroatoms. The lowest BCUT2D eigenvalue weighted by Gasteiger charge is -2.32. The van der Waals surface area contributed by atoms with E-state index in [0.717, 1.165) is 17.7 Å². The van der Waals surface area contributed by atoms with Crippen molar-refractivity contribution in [3.63, 3.8) is 0 Å². The molecule has 1 aliphatic carbocycles. The highest BCUT2D eigenvalue weighted by molar-refractivity contribution is 5.45. The Bertz CT molecular complexity index is 465. The summed E-state index contributed by atoms with van der Waals surface area (Å²) in [5, 5.41) is 0. The summed E-state index contributed by atoms with van der Waals surface area (Å²) in [4.78, 5) is 0. The van der Waals surface area contributed by atoms with Crippen molar-refractivity contribution in [2.75, 3.05) is 6.61 Å². The average Bonchev–Trinajstić information content (AvgIpc) is 2.86. The second-order valence-electron chi connectivity index (χ2n) is 5.65. The molecule has 0 saturated heterocycles. The molecule has 1 aromatic carbocycles. The molecule has 0 bridgehead atoms. The molecule has 1 aromatic rings. The largest absolute Gasteiger partial charge is 0.493 e. The van der Waals surface area contributed by atoms with E-state index in [-0.39, 0.29) is 24.8 Å². The Kier molecular flexibility index (Phi) is 3.21. The molecule has 1 saturated carbocycles. The van der Waals surface area contributed by atoms with Crippen LogP contribution in [0.15, 0.2) is 18.2 Å². The molecule has 0 radical (unpaired) electrons. The lowest BCUT2D eigenvalue weighted by atomic mass is 9.79. The van der Waals surface area contributed by atoms with E-state index >= 15 is 0 Å². The molecular formula is C15H19F2NO. The summed E-state index contributed by atoms with van der Waals surface area (Å²) in [6, 6.07) is 5.82. The minimum Gasteiger partial charge on any atom is -0.493 e. The van der Waals surface area contributed by atoms with E-state index in [2.05, 4.69) is 0 Å². The van der Waals surface area contributed by atoms with Crippen LogP contribution in [0, 0.1) is 5.92 Å². The summed E-state index contributed by atoms with van der Waals surface area (Å²) < 4.78 is 32.0. The number of fused-ring (bicyclic) bond motifs is 1. The van der Waals surface area contributed by atoms with Gasteiger partial charge in [-0.05, 0) is 24.3 Å². The minimum absolute atomic E-state index is 0.0404. The van der Waals surface area contributed by atoms with E-state index in [1.54, 1.807) is 0 Å². The number of halogens is 2. The highest BCUT2D eigenvalue weighted by atomic mass is 19.3. The smallest absolute Gasteiger partial charge is 0.248 e. The van der Waals surface area contributed by atoms with Gasteiger partial charge in [-0.1, -0.05) is 18.2 Å². The van der Waals surface area contributed by atoms with Crippen molar-refractivity contribution >= 4 is 0 Å². The molecule has 2 aliphatic rings. The predicted octanol–water partition coefficient (Wildman–Crippen LogP) is 3.45. The Morgan fingerprint density at radius 2 is 2.00 bits per heavy atom. The van der Waals surface area contributed by atoms with Crippen molar-refractivity contribution in [2.24, 2.45) is 11.7 Å². The molecule has 3 rings (SSSR count). The Balaban J connectivity index is 1.78. The second kappa shape index (κ2) is 4.75. The first-order valence-electron chi connectivity index (χ1n) is 6.95. The fourth-order valence-corrected chi connectivity index (χ4v) is 3.18. The van der Waals surface area contributed by atoms with Crippen molar-refractivity contribution in [3.05, 3.63) is 29.3 Å². The molecular weight excluding hydrogens is 248 g/mol. The van der Waals surface area contributed by atoms with Crippen LogP contribution in [0.5, 0.6) is 5.75 Å². The Labute approximate surface area is 111 Å². The third kappa shape index (κ3) is 2.46. The topological polar surface area (TPSA) is 35.2 Å². The van der Waals surface area contributed by atoms with Crippen LogP contribution < -0.4 is 10.5 Å². The van der Waals surface area contributed by atoms with Crippen molar-refractivity contribution < 1.29 is 13.5 Å². The van der Waals surface area contributed by atoms with Gasteiger partial charge in [0.25, 0.3) is 0 Å².